The quantitative estimate of drug-likeness (QED) is 0.602. The summed E-state index contributed by atoms with van der Waals surface area (Å²) in [5.74, 6) is 0. The highest BCUT2D eigenvalue weighted by atomic mass is 32.2. The molecule has 1 rings (SSSR count). The van der Waals surface area contributed by atoms with Crippen LogP contribution < -0.4 is 0 Å². The van der Waals surface area contributed by atoms with Gasteiger partial charge in [0.25, 0.3) is 0 Å². The average molecular weight is 172 g/mol. The van der Waals surface area contributed by atoms with Gasteiger partial charge in [-0.2, -0.15) is 0 Å². The molecule has 0 aromatic heterocycles. The van der Waals surface area contributed by atoms with Gasteiger partial charge in [0.2, 0.25) is 0 Å². The average Bonchev–Trinajstić information content (AvgIpc) is 1.86. The summed E-state index contributed by atoms with van der Waals surface area (Å²) in [6, 6.07) is 0. The fourth-order valence-corrected chi connectivity index (χ4v) is 1.82. The highest BCUT2D eigenvalue weighted by molar-refractivity contribution is 7.94. The molecule has 1 aliphatic carbocycles. The van der Waals surface area contributed by atoms with Gasteiger partial charge in [-0.3, -0.25) is 0 Å². The maximum atomic E-state index is 11.0. The summed E-state index contributed by atoms with van der Waals surface area (Å²) < 4.78 is 22.0. The van der Waals surface area contributed by atoms with E-state index in [1.54, 1.807) is 6.08 Å². The third kappa shape index (κ3) is 2.19. The lowest BCUT2D eigenvalue weighted by molar-refractivity contribution is 0.605. The molecule has 0 saturated heterocycles. The molecule has 1 aliphatic rings. The van der Waals surface area contributed by atoms with Crippen molar-refractivity contribution in [2.45, 2.75) is 19.8 Å². The fraction of sp³-hybridized carbons (Fsp3) is 0.500. The van der Waals surface area contributed by atoms with E-state index in [0.717, 1.165) is 6.42 Å². The third-order valence-corrected chi connectivity index (χ3v) is 3.09. The number of hydrogen-bond acceptors (Lipinski definition) is 2. The molecule has 0 atom stereocenters. The van der Waals surface area contributed by atoms with Gasteiger partial charge in [-0.1, -0.05) is 11.6 Å². The summed E-state index contributed by atoms with van der Waals surface area (Å²) in [6.45, 7) is 2.01. The Morgan fingerprint density at radius 1 is 1.27 bits per heavy atom. The van der Waals surface area contributed by atoms with E-state index in [4.69, 9.17) is 0 Å². The number of hydrogen-bond donors (Lipinski definition) is 0. The van der Waals surface area contributed by atoms with Crippen molar-refractivity contribution >= 4 is 9.84 Å². The molecule has 3 heteroatoms. The Labute approximate surface area is 67.5 Å². The van der Waals surface area contributed by atoms with Crippen molar-refractivity contribution < 1.29 is 8.42 Å². The summed E-state index contributed by atoms with van der Waals surface area (Å²) in [5, 5.41) is 0. The van der Waals surface area contributed by atoms with Crippen molar-refractivity contribution in [3.05, 3.63) is 22.6 Å². The maximum absolute atomic E-state index is 11.0. The number of rotatable bonds is 1. The van der Waals surface area contributed by atoms with E-state index in [0.29, 0.717) is 11.3 Å². The first kappa shape index (κ1) is 8.53. The SMILES string of the molecule is CC1=CC=C(S(C)(=O)=O)CC1. The second kappa shape index (κ2) is 2.81. The van der Waals surface area contributed by atoms with Crippen LogP contribution in [0.1, 0.15) is 19.8 Å². The van der Waals surface area contributed by atoms with Gasteiger partial charge in [0, 0.05) is 11.2 Å². The Morgan fingerprint density at radius 2 is 1.91 bits per heavy atom. The summed E-state index contributed by atoms with van der Waals surface area (Å²) in [4.78, 5) is 0.558. The van der Waals surface area contributed by atoms with Crippen LogP contribution in [0.15, 0.2) is 22.6 Å². The van der Waals surface area contributed by atoms with Crippen LogP contribution in [-0.4, -0.2) is 14.7 Å². The van der Waals surface area contributed by atoms with Gasteiger partial charge in [-0.05, 0) is 25.8 Å². The smallest absolute Gasteiger partial charge is 0.171 e. The fourth-order valence-electron chi connectivity index (χ4n) is 1.03. The van der Waals surface area contributed by atoms with Gasteiger partial charge < -0.3 is 0 Å². The third-order valence-electron chi connectivity index (χ3n) is 1.80. The van der Waals surface area contributed by atoms with Crippen molar-refractivity contribution in [1.29, 1.82) is 0 Å². The van der Waals surface area contributed by atoms with Crippen molar-refractivity contribution in [2.75, 3.05) is 6.26 Å². The molecular weight excluding hydrogens is 160 g/mol. The predicted molar refractivity (Wildman–Crippen MR) is 45.9 cm³/mol. The molecule has 0 aromatic rings. The van der Waals surface area contributed by atoms with Crippen LogP contribution in [0.4, 0.5) is 0 Å². The lowest BCUT2D eigenvalue weighted by atomic mass is 10.1. The normalized spacial score (nSPS) is 19.1. The second-order valence-electron chi connectivity index (χ2n) is 2.92. The topological polar surface area (TPSA) is 34.1 Å². The van der Waals surface area contributed by atoms with Gasteiger partial charge in [-0.15, -0.1) is 0 Å². The zero-order valence-electron chi connectivity index (χ0n) is 6.79. The Bertz CT molecular complexity index is 307. The zero-order chi connectivity index (χ0) is 8.48. The van der Waals surface area contributed by atoms with Gasteiger partial charge in [0.15, 0.2) is 9.84 Å². The molecule has 0 saturated carbocycles. The molecule has 0 aliphatic heterocycles. The van der Waals surface area contributed by atoms with Gasteiger partial charge in [0.1, 0.15) is 0 Å². The largest absolute Gasteiger partial charge is 0.224 e. The van der Waals surface area contributed by atoms with E-state index in [2.05, 4.69) is 0 Å². The molecule has 0 bridgehead atoms. The molecule has 0 heterocycles. The zero-order valence-corrected chi connectivity index (χ0v) is 7.61. The second-order valence-corrected chi connectivity index (χ2v) is 4.99. The van der Waals surface area contributed by atoms with Gasteiger partial charge in [0.05, 0.1) is 0 Å². The summed E-state index contributed by atoms with van der Waals surface area (Å²) >= 11 is 0. The lowest BCUT2D eigenvalue weighted by Crippen LogP contribution is -2.03. The maximum Gasteiger partial charge on any atom is 0.171 e. The van der Waals surface area contributed by atoms with Crippen molar-refractivity contribution in [3.8, 4) is 0 Å². The molecule has 0 fully saturated rings. The van der Waals surface area contributed by atoms with E-state index in [1.165, 1.54) is 11.8 Å². The van der Waals surface area contributed by atoms with Crippen LogP contribution in [-0.2, 0) is 9.84 Å². The van der Waals surface area contributed by atoms with Crippen molar-refractivity contribution in [1.82, 2.24) is 0 Å². The van der Waals surface area contributed by atoms with E-state index in [-0.39, 0.29) is 0 Å². The first-order chi connectivity index (χ1) is 5.00. The van der Waals surface area contributed by atoms with Gasteiger partial charge >= 0.3 is 0 Å². The Kier molecular flexibility index (Phi) is 2.18. The number of sulfone groups is 1. The monoisotopic (exact) mass is 172 g/mol. The minimum atomic E-state index is -2.93. The Balaban J connectivity index is 2.95. The van der Waals surface area contributed by atoms with Crippen LogP contribution in [0.25, 0.3) is 0 Å². The van der Waals surface area contributed by atoms with E-state index < -0.39 is 9.84 Å². The van der Waals surface area contributed by atoms with E-state index in [1.807, 2.05) is 13.0 Å². The molecule has 0 radical (unpaired) electrons. The Morgan fingerprint density at radius 3 is 2.27 bits per heavy atom. The molecule has 2 nitrogen and oxygen atoms in total. The first-order valence-corrected chi connectivity index (χ1v) is 5.45. The van der Waals surface area contributed by atoms with Crippen molar-refractivity contribution in [3.63, 3.8) is 0 Å². The predicted octanol–water partition coefficient (Wildman–Crippen LogP) is 1.66. The first-order valence-electron chi connectivity index (χ1n) is 3.56. The van der Waals surface area contributed by atoms with Crippen LogP contribution in [0, 0.1) is 0 Å². The molecule has 0 spiro atoms. The molecule has 62 valence electrons. The Hall–Kier alpha value is -0.570. The van der Waals surface area contributed by atoms with Gasteiger partial charge in [-0.25, -0.2) is 8.42 Å². The van der Waals surface area contributed by atoms with Crippen LogP contribution in [0.3, 0.4) is 0 Å². The molecule has 0 aromatic carbocycles. The van der Waals surface area contributed by atoms with Crippen LogP contribution >= 0.6 is 0 Å². The lowest BCUT2D eigenvalue weighted by Gasteiger charge is -2.09. The standard InChI is InChI=1S/C8H12O2S/c1-7-3-5-8(6-4-7)11(2,9)10/h3,5H,4,6H2,1-2H3. The molecular formula is C8H12O2S. The summed E-state index contributed by atoms with van der Waals surface area (Å²) in [6.07, 6.45) is 6.38. The van der Waals surface area contributed by atoms with E-state index >= 15 is 0 Å². The highest BCUT2D eigenvalue weighted by Gasteiger charge is 2.12. The van der Waals surface area contributed by atoms with E-state index in [9.17, 15) is 8.42 Å². The molecule has 0 N–H and O–H groups in total. The minimum Gasteiger partial charge on any atom is -0.224 e. The van der Waals surface area contributed by atoms with Crippen LogP contribution in [0.2, 0.25) is 0 Å². The minimum absolute atomic E-state index is 0.558. The van der Waals surface area contributed by atoms with Crippen LogP contribution in [0.5, 0.6) is 0 Å². The number of allylic oxidation sites excluding steroid dienone is 4. The van der Waals surface area contributed by atoms with Crippen molar-refractivity contribution in [2.24, 2.45) is 0 Å². The molecule has 0 unspecified atom stereocenters. The highest BCUT2D eigenvalue weighted by Crippen LogP contribution is 2.20. The summed E-state index contributed by atoms with van der Waals surface area (Å²) in [5.41, 5.74) is 1.25. The molecule has 11 heavy (non-hydrogen) atoms. The summed E-state index contributed by atoms with van der Waals surface area (Å²) in [7, 11) is -2.93. The molecule has 0 amide bonds.